The van der Waals surface area contributed by atoms with Gasteiger partial charge in [-0.2, -0.15) is 4.39 Å². The third-order valence-corrected chi connectivity index (χ3v) is 2.56. The second kappa shape index (κ2) is 5.44. The van der Waals surface area contributed by atoms with Gasteiger partial charge in [0.15, 0.2) is 0 Å². The smallest absolute Gasteiger partial charge is 0.218 e. The molecule has 0 aliphatic rings. The van der Waals surface area contributed by atoms with Gasteiger partial charge in [-0.1, -0.05) is 12.1 Å². The van der Waals surface area contributed by atoms with Crippen molar-refractivity contribution >= 4 is 5.82 Å². The predicted molar refractivity (Wildman–Crippen MR) is 67.1 cm³/mol. The van der Waals surface area contributed by atoms with Crippen molar-refractivity contribution in [1.82, 2.24) is 9.97 Å². The van der Waals surface area contributed by atoms with E-state index in [0.29, 0.717) is 12.4 Å². The second-order valence-electron chi connectivity index (χ2n) is 3.91. The standard InChI is InChI=1S/C13H14FN3O/c1-17(13-7-12(14)15-9-16-13)8-10-4-3-5-11(6-10)18-2/h3-7,9H,8H2,1-2H3. The lowest BCUT2D eigenvalue weighted by Gasteiger charge is -2.18. The van der Waals surface area contributed by atoms with Gasteiger partial charge in [0.05, 0.1) is 7.11 Å². The third kappa shape index (κ3) is 2.94. The van der Waals surface area contributed by atoms with Crippen molar-refractivity contribution in [2.75, 3.05) is 19.1 Å². The predicted octanol–water partition coefficient (Wildman–Crippen LogP) is 2.26. The number of hydrogen-bond donors (Lipinski definition) is 0. The Hall–Kier alpha value is -2.17. The molecule has 1 aromatic carbocycles. The van der Waals surface area contributed by atoms with E-state index in [1.807, 2.05) is 36.2 Å². The van der Waals surface area contributed by atoms with E-state index in [9.17, 15) is 4.39 Å². The van der Waals surface area contributed by atoms with Crippen molar-refractivity contribution in [3.05, 3.63) is 48.2 Å². The highest BCUT2D eigenvalue weighted by Crippen LogP contribution is 2.16. The Kier molecular flexibility index (Phi) is 3.72. The fourth-order valence-electron chi connectivity index (χ4n) is 1.66. The summed E-state index contributed by atoms with van der Waals surface area (Å²) in [5.41, 5.74) is 1.07. The SMILES string of the molecule is COc1cccc(CN(C)c2cc(F)ncn2)c1. The molecule has 4 nitrogen and oxygen atoms in total. The molecule has 5 heteroatoms. The molecule has 0 fully saturated rings. The Labute approximate surface area is 105 Å². The van der Waals surface area contributed by atoms with Gasteiger partial charge in [-0.15, -0.1) is 0 Å². The Morgan fingerprint density at radius 1 is 1.28 bits per heavy atom. The summed E-state index contributed by atoms with van der Waals surface area (Å²) >= 11 is 0. The molecule has 0 aliphatic heterocycles. The van der Waals surface area contributed by atoms with Gasteiger partial charge in [-0.25, -0.2) is 9.97 Å². The average Bonchev–Trinajstić information content (AvgIpc) is 2.39. The maximum atomic E-state index is 13.0. The molecule has 0 bridgehead atoms. The van der Waals surface area contributed by atoms with Crippen LogP contribution in [0.3, 0.4) is 0 Å². The molecule has 0 N–H and O–H groups in total. The van der Waals surface area contributed by atoms with Crippen molar-refractivity contribution in [3.8, 4) is 5.75 Å². The number of ether oxygens (including phenoxy) is 1. The average molecular weight is 247 g/mol. The van der Waals surface area contributed by atoms with Crippen LogP contribution in [0.15, 0.2) is 36.7 Å². The fourth-order valence-corrected chi connectivity index (χ4v) is 1.66. The van der Waals surface area contributed by atoms with Gasteiger partial charge >= 0.3 is 0 Å². The molecule has 18 heavy (non-hydrogen) atoms. The summed E-state index contributed by atoms with van der Waals surface area (Å²) in [5.74, 6) is 0.817. The number of halogens is 1. The zero-order valence-corrected chi connectivity index (χ0v) is 10.3. The largest absolute Gasteiger partial charge is 0.497 e. The number of hydrogen-bond acceptors (Lipinski definition) is 4. The van der Waals surface area contributed by atoms with Crippen LogP contribution in [0.4, 0.5) is 10.2 Å². The van der Waals surface area contributed by atoms with Gasteiger partial charge in [0.25, 0.3) is 0 Å². The first-order valence-corrected chi connectivity index (χ1v) is 5.50. The van der Waals surface area contributed by atoms with Crippen LogP contribution in [0.5, 0.6) is 5.75 Å². The number of nitrogens with zero attached hydrogens (tertiary/aromatic N) is 3. The minimum Gasteiger partial charge on any atom is -0.497 e. The van der Waals surface area contributed by atoms with Crippen molar-refractivity contribution < 1.29 is 9.13 Å². The Morgan fingerprint density at radius 3 is 2.83 bits per heavy atom. The zero-order chi connectivity index (χ0) is 13.0. The second-order valence-corrected chi connectivity index (χ2v) is 3.91. The first-order valence-electron chi connectivity index (χ1n) is 5.50. The monoisotopic (exact) mass is 247 g/mol. The number of anilines is 1. The number of benzene rings is 1. The summed E-state index contributed by atoms with van der Waals surface area (Å²) in [6, 6.07) is 9.03. The highest BCUT2D eigenvalue weighted by Gasteiger charge is 2.05. The Balaban J connectivity index is 2.13. The van der Waals surface area contributed by atoms with Crippen LogP contribution in [-0.2, 0) is 6.54 Å². The van der Waals surface area contributed by atoms with Gasteiger partial charge in [-0.05, 0) is 17.7 Å². The molecule has 0 saturated heterocycles. The first kappa shape index (κ1) is 12.3. The van der Waals surface area contributed by atoms with E-state index in [4.69, 9.17) is 4.74 Å². The first-order chi connectivity index (χ1) is 8.69. The minimum absolute atomic E-state index is 0.530. The molecular formula is C13H14FN3O. The fraction of sp³-hybridized carbons (Fsp3) is 0.231. The molecule has 0 atom stereocenters. The molecule has 0 aliphatic carbocycles. The zero-order valence-electron chi connectivity index (χ0n) is 10.3. The molecule has 0 radical (unpaired) electrons. The minimum atomic E-state index is -0.530. The third-order valence-electron chi connectivity index (χ3n) is 2.56. The van der Waals surface area contributed by atoms with Gasteiger partial charge in [-0.3, -0.25) is 0 Å². The molecule has 1 heterocycles. The summed E-state index contributed by atoms with van der Waals surface area (Å²) in [7, 11) is 3.48. The number of methoxy groups -OCH3 is 1. The van der Waals surface area contributed by atoms with E-state index >= 15 is 0 Å². The van der Waals surface area contributed by atoms with Crippen LogP contribution >= 0.6 is 0 Å². The maximum absolute atomic E-state index is 13.0. The molecule has 2 aromatic rings. The van der Waals surface area contributed by atoms with Crippen LogP contribution in [0.2, 0.25) is 0 Å². The van der Waals surface area contributed by atoms with Crippen LogP contribution < -0.4 is 9.64 Å². The molecule has 0 spiro atoms. The van der Waals surface area contributed by atoms with Gasteiger partial charge in [0.1, 0.15) is 17.9 Å². The lowest BCUT2D eigenvalue weighted by molar-refractivity contribution is 0.414. The Morgan fingerprint density at radius 2 is 2.11 bits per heavy atom. The molecule has 0 saturated carbocycles. The Bertz CT molecular complexity index is 533. The molecule has 2 rings (SSSR count). The summed E-state index contributed by atoms with van der Waals surface area (Å²) in [6.07, 6.45) is 1.22. The van der Waals surface area contributed by atoms with Gasteiger partial charge in [0, 0.05) is 19.7 Å². The highest BCUT2D eigenvalue weighted by molar-refractivity contribution is 5.38. The van der Waals surface area contributed by atoms with E-state index in [1.165, 1.54) is 12.4 Å². The van der Waals surface area contributed by atoms with E-state index in [1.54, 1.807) is 7.11 Å². The van der Waals surface area contributed by atoms with Crippen molar-refractivity contribution in [2.24, 2.45) is 0 Å². The summed E-state index contributed by atoms with van der Waals surface area (Å²) in [4.78, 5) is 9.30. The highest BCUT2D eigenvalue weighted by atomic mass is 19.1. The number of aromatic nitrogens is 2. The number of rotatable bonds is 4. The lowest BCUT2D eigenvalue weighted by atomic mass is 10.2. The maximum Gasteiger partial charge on any atom is 0.218 e. The van der Waals surface area contributed by atoms with Crippen LogP contribution in [0.1, 0.15) is 5.56 Å². The molecule has 0 unspecified atom stereocenters. The van der Waals surface area contributed by atoms with E-state index in [2.05, 4.69) is 9.97 Å². The quantitative estimate of drug-likeness (QED) is 0.777. The van der Waals surface area contributed by atoms with Crippen molar-refractivity contribution in [2.45, 2.75) is 6.54 Å². The molecule has 0 amide bonds. The van der Waals surface area contributed by atoms with E-state index in [0.717, 1.165) is 11.3 Å². The van der Waals surface area contributed by atoms with Crippen LogP contribution in [0, 0.1) is 5.95 Å². The van der Waals surface area contributed by atoms with E-state index in [-0.39, 0.29) is 0 Å². The lowest BCUT2D eigenvalue weighted by Crippen LogP contribution is -2.18. The normalized spacial score (nSPS) is 10.2. The molecule has 1 aromatic heterocycles. The summed E-state index contributed by atoms with van der Waals surface area (Å²) in [6.45, 7) is 0.619. The molecule has 94 valence electrons. The van der Waals surface area contributed by atoms with E-state index < -0.39 is 5.95 Å². The van der Waals surface area contributed by atoms with Crippen molar-refractivity contribution in [1.29, 1.82) is 0 Å². The topological polar surface area (TPSA) is 38.2 Å². The van der Waals surface area contributed by atoms with Crippen molar-refractivity contribution in [3.63, 3.8) is 0 Å². The van der Waals surface area contributed by atoms with Crippen LogP contribution in [0.25, 0.3) is 0 Å². The van der Waals surface area contributed by atoms with Crippen LogP contribution in [-0.4, -0.2) is 24.1 Å². The van der Waals surface area contributed by atoms with Gasteiger partial charge in [0.2, 0.25) is 5.95 Å². The summed E-state index contributed by atoms with van der Waals surface area (Å²) < 4.78 is 18.1. The summed E-state index contributed by atoms with van der Waals surface area (Å²) in [5, 5.41) is 0. The van der Waals surface area contributed by atoms with Gasteiger partial charge < -0.3 is 9.64 Å². The molecular weight excluding hydrogens is 233 g/mol.